The monoisotopic (exact) mass is 247 g/mol. The maximum Gasteiger partial charge on any atom is 0.225 e. The zero-order valence-electron chi connectivity index (χ0n) is 9.33. The zero-order valence-corrected chi connectivity index (χ0v) is 10.2. The molecule has 0 unspecified atom stereocenters. The third kappa shape index (κ3) is 2.27. The van der Waals surface area contributed by atoms with E-state index in [0.29, 0.717) is 0 Å². The van der Waals surface area contributed by atoms with Gasteiger partial charge in [-0.25, -0.2) is 9.97 Å². The smallest absolute Gasteiger partial charge is 0.225 e. The fourth-order valence-electron chi connectivity index (χ4n) is 1.85. The first-order valence-electron chi connectivity index (χ1n) is 5.61. The molecule has 1 fully saturated rings. The Balaban J connectivity index is 1.88. The lowest BCUT2D eigenvalue weighted by molar-refractivity contribution is 0.580. The SMILES string of the molecule is c1cc(-c2cncs2)nc(N2CCNCC2)n1. The highest BCUT2D eigenvalue weighted by Crippen LogP contribution is 2.22. The van der Waals surface area contributed by atoms with Gasteiger partial charge in [-0.1, -0.05) is 0 Å². The van der Waals surface area contributed by atoms with Crippen LogP contribution in [-0.2, 0) is 0 Å². The van der Waals surface area contributed by atoms with Crippen LogP contribution in [0.2, 0.25) is 0 Å². The van der Waals surface area contributed by atoms with Crippen molar-refractivity contribution in [2.24, 2.45) is 0 Å². The molecule has 3 heterocycles. The van der Waals surface area contributed by atoms with Crippen molar-refractivity contribution >= 4 is 17.3 Å². The Bertz CT molecular complexity index is 478. The van der Waals surface area contributed by atoms with E-state index in [0.717, 1.165) is 42.7 Å². The summed E-state index contributed by atoms with van der Waals surface area (Å²) in [6, 6.07) is 1.93. The van der Waals surface area contributed by atoms with Gasteiger partial charge in [0.15, 0.2) is 0 Å². The lowest BCUT2D eigenvalue weighted by Gasteiger charge is -2.27. The summed E-state index contributed by atoms with van der Waals surface area (Å²) in [6.07, 6.45) is 3.66. The van der Waals surface area contributed by atoms with Gasteiger partial charge in [0.05, 0.1) is 16.1 Å². The second kappa shape index (κ2) is 4.77. The van der Waals surface area contributed by atoms with Gasteiger partial charge in [-0.05, 0) is 6.07 Å². The van der Waals surface area contributed by atoms with Crippen LogP contribution in [0.5, 0.6) is 0 Å². The first-order valence-corrected chi connectivity index (χ1v) is 6.49. The Morgan fingerprint density at radius 1 is 1.29 bits per heavy atom. The summed E-state index contributed by atoms with van der Waals surface area (Å²) in [7, 11) is 0. The molecule has 5 nitrogen and oxygen atoms in total. The number of hydrogen-bond acceptors (Lipinski definition) is 6. The van der Waals surface area contributed by atoms with E-state index in [2.05, 4.69) is 25.2 Å². The summed E-state index contributed by atoms with van der Waals surface area (Å²) in [6.45, 7) is 3.92. The number of nitrogens with one attached hydrogen (secondary N) is 1. The van der Waals surface area contributed by atoms with Crippen molar-refractivity contribution in [2.45, 2.75) is 0 Å². The molecule has 1 saturated heterocycles. The number of piperazine rings is 1. The fraction of sp³-hybridized carbons (Fsp3) is 0.364. The minimum absolute atomic E-state index is 0.817. The van der Waals surface area contributed by atoms with E-state index in [-0.39, 0.29) is 0 Å². The van der Waals surface area contributed by atoms with Crippen molar-refractivity contribution in [3.05, 3.63) is 24.0 Å². The average molecular weight is 247 g/mol. The number of aromatic nitrogens is 3. The standard InChI is InChI=1S/C11H13N5S/c1-2-14-11(16-5-3-12-4-6-16)15-9(1)10-7-13-8-17-10/h1-2,7-8,12H,3-6H2. The molecule has 0 aromatic carbocycles. The number of anilines is 1. The molecule has 17 heavy (non-hydrogen) atoms. The number of rotatable bonds is 2. The molecule has 3 rings (SSSR count). The number of thiazole rings is 1. The Morgan fingerprint density at radius 2 is 2.18 bits per heavy atom. The molecule has 88 valence electrons. The van der Waals surface area contributed by atoms with Crippen LogP contribution in [0, 0.1) is 0 Å². The van der Waals surface area contributed by atoms with E-state index >= 15 is 0 Å². The van der Waals surface area contributed by atoms with Crippen LogP contribution in [-0.4, -0.2) is 41.1 Å². The van der Waals surface area contributed by atoms with Crippen molar-refractivity contribution in [3.8, 4) is 10.6 Å². The Labute approximate surface area is 104 Å². The molecule has 2 aromatic heterocycles. The molecule has 0 spiro atoms. The molecule has 0 bridgehead atoms. The van der Waals surface area contributed by atoms with Gasteiger partial charge in [0.25, 0.3) is 0 Å². The lowest BCUT2D eigenvalue weighted by Crippen LogP contribution is -2.44. The molecule has 0 radical (unpaired) electrons. The van der Waals surface area contributed by atoms with Gasteiger partial charge in [0.2, 0.25) is 5.95 Å². The van der Waals surface area contributed by atoms with E-state index < -0.39 is 0 Å². The second-order valence-electron chi connectivity index (χ2n) is 3.84. The van der Waals surface area contributed by atoms with E-state index in [9.17, 15) is 0 Å². The van der Waals surface area contributed by atoms with Crippen LogP contribution in [0.3, 0.4) is 0 Å². The second-order valence-corrected chi connectivity index (χ2v) is 4.73. The van der Waals surface area contributed by atoms with Crippen LogP contribution in [0.4, 0.5) is 5.95 Å². The van der Waals surface area contributed by atoms with Gasteiger partial charge in [0, 0.05) is 38.6 Å². The topological polar surface area (TPSA) is 53.9 Å². The summed E-state index contributed by atoms with van der Waals surface area (Å²) in [4.78, 5) is 16.3. The first-order chi connectivity index (χ1) is 8.43. The van der Waals surface area contributed by atoms with Gasteiger partial charge in [-0.3, -0.25) is 4.98 Å². The van der Waals surface area contributed by atoms with E-state index in [1.54, 1.807) is 11.3 Å². The number of nitrogens with zero attached hydrogens (tertiary/aromatic N) is 4. The summed E-state index contributed by atoms with van der Waals surface area (Å²) in [5, 5.41) is 3.32. The summed E-state index contributed by atoms with van der Waals surface area (Å²) in [5.41, 5.74) is 2.78. The molecule has 0 aliphatic carbocycles. The van der Waals surface area contributed by atoms with Crippen LogP contribution in [0.25, 0.3) is 10.6 Å². The van der Waals surface area contributed by atoms with Gasteiger partial charge in [-0.15, -0.1) is 11.3 Å². The third-order valence-electron chi connectivity index (χ3n) is 2.73. The third-order valence-corrected chi connectivity index (χ3v) is 3.52. The van der Waals surface area contributed by atoms with Gasteiger partial charge in [-0.2, -0.15) is 0 Å². The Kier molecular flexibility index (Phi) is 2.98. The molecular formula is C11H13N5S. The molecule has 2 aromatic rings. The van der Waals surface area contributed by atoms with Gasteiger partial charge in [0.1, 0.15) is 0 Å². The van der Waals surface area contributed by atoms with Crippen molar-refractivity contribution < 1.29 is 0 Å². The fourth-order valence-corrected chi connectivity index (χ4v) is 2.44. The summed E-state index contributed by atoms with van der Waals surface area (Å²) < 4.78 is 0. The van der Waals surface area contributed by atoms with E-state index in [4.69, 9.17) is 0 Å². The average Bonchev–Trinajstić information content (AvgIpc) is 2.94. The molecule has 1 aliphatic rings. The Hall–Kier alpha value is -1.53. The maximum atomic E-state index is 4.60. The highest BCUT2D eigenvalue weighted by Gasteiger charge is 2.13. The highest BCUT2D eigenvalue weighted by atomic mass is 32.1. The van der Waals surface area contributed by atoms with Crippen molar-refractivity contribution in [1.29, 1.82) is 0 Å². The van der Waals surface area contributed by atoms with Crippen molar-refractivity contribution in [2.75, 3.05) is 31.1 Å². The lowest BCUT2D eigenvalue weighted by atomic mass is 10.3. The molecule has 1 aliphatic heterocycles. The molecule has 0 atom stereocenters. The Morgan fingerprint density at radius 3 is 2.94 bits per heavy atom. The zero-order chi connectivity index (χ0) is 11.5. The predicted octanol–water partition coefficient (Wildman–Crippen LogP) is 1.01. The first kappa shape index (κ1) is 10.6. The van der Waals surface area contributed by atoms with Crippen LogP contribution in [0.15, 0.2) is 24.0 Å². The minimum Gasteiger partial charge on any atom is -0.338 e. The van der Waals surface area contributed by atoms with E-state index in [1.807, 2.05) is 24.0 Å². The molecular weight excluding hydrogens is 234 g/mol. The van der Waals surface area contributed by atoms with Crippen LogP contribution in [0.1, 0.15) is 0 Å². The van der Waals surface area contributed by atoms with Gasteiger partial charge < -0.3 is 10.2 Å². The molecule has 6 heteroatoms. The molecule has 0 saturated carbocycles. The highest BCUT2D eigenvalue weighted by molar-refractivity contribution is 7.13. The molecule has 1 N–H and O–H groups in total. The largest absolute Gasteiger partial charge is 0.338 e. The summed E-state index contributed by atoms with van der Waals surface area (Å²) in [5.74, 6) is 0.817. The van der Waals surface area contributed by atoms with Crippen molar-refractivity contribution in [3.63, 3.8) is 0 Å². The minimum atomic E-state index is 0.817. The van der Waals surface area contributed by atoms with Crippen LogP contribution < -0.4 is 10.2 Å². The summed E-state index contributed by atoms with van der Waals surface area (Å²) >= 11 is 1.60. The van der Waals surface area contributed by atoms with Gasteiger partial charge >= 0.3 is 0 Å². The number of hydrogen-bond donors (Lipinski definition) is 1. The molecule has 0 amide bonds. The van der Waals surface area contributed by atoms with E-state index in [1.165, 1.54) is 0 Å². The quantitative estimate of drug-likeness (QED) is 0.858. The normalized spacial score (nSPS) is 16.1. The van der Waals surface area contributed by atoms with Crippen LogP contribution >= 0.6 is 11.3 Å². The predicted molar refractivity (Wildman–Crippen MR) is 68.2 cm³/mol. The van der Waals surface area contributed by atoms with Crippen molar-refractivity contribution in [1.82, 2.24) is 20.3 Å². The maximum absolute atomic E-state index is 4.60.